The molecule has 1 heterocycles. The molecule has 1 atom stereocenters. The fourth-order valence-corrected chi connectivity index (χ4v) is 1.78. The van der Waals surface area contributed by atoms with Gasteiger partial charge in [-0.05, 0) is 39.5 Å². The maximum atomic E-state index is 11.7. The third-order valence-corrected chi connectivity index (χ3v) is 2.52. The molecule has 5 heteroatoms. The lowest BCUT2D eigenvalue weighted by Crippen LogP contribution is -2.55. The highest BCUT2D eigenvalue weighted by molar-refractivity contribution is 5.66. The van der Waals surface area contributed by atoms with Gasteiger partial charge in [-0.3, -0.25) is 0 Å². The normalized spacial score (nSPS) is 22.9. The van der Waals surface area contributed by atoms with Crippen molar-refractivity contribution in [2.24, 2.45) is 11.8 Å². The van der Waals surface area contributed by atoms with E-state index in [0.29, 0.717) is 5.92 Å². The molecule has 1 saturated heterocycles. The molecule has 1 fully saturated rings. The fourth-order valence-electron chi connectivity index (χ4n) is 1.78. The molecule has 0 saturated carbocycles. The van der Waals surface area contributed by atoms with Crippen LogP contribution in [0, 0.1) is 5.92 Å². The van der Waals surface area contributed by atoms with E-state index in [1.165, 1.54) is 6.42 Å². The van der Waals surface area contributed by atoms with Gasteiger partial charge in [0.05, 0.1) is 0 Å². The van der Waals surface area contributed by atoms with Crippen molar-refractivity contribution < 1.29 is 9.53 Å². The molecule has 0 aromatic heterocycles. The van der Waals surface area contributed by atoms with Crippen molar-refractivity contribution in [2.75, 3.05) is 13.1 Å². The Labute approximate surface area is 97.5 Å². The van der Waals surface area contributed by atoms with Crippen molar-refractivity contribution in [3.8, 4) is 0 Å². The molecule has 5 nitrogen and oxygen atoms in total. The Bertz CT molecular complexity index is 250. The number of piperidine rings is 1. The van der Waals surface area contributed by atoms with E-state index < -0.39 is 11.7 Å². The van der Waals surface area contributed by atoms with E-state index in [-0.39, 0.29) is 0 Å². The Balaban J connectivity index is 2.49. The Morgan fingerprint density at radius 2 is 2.12 bits per heavy atom. The van der Waals surface area contributed by atoms with E-state index in [4.69, 9.17) is 10.6 Å². The minimum atomic E-state index is -0.504. The van der Waals surface area contributed by atoms with Crippen molar-refractivity contribution in [3.63, 3.8) is 0 Å². The third-order valence-electron chi connectivity index (χ3n) is 2.52. The standard InChI is InChI=1S/C11H23N3O2/c1-9-6-5-7-13(8-9)14(12)10(15)16-11(2,3)4/h9H,5-8,12H2,1-4H3. The first-order valence-corrected chi connectivity index (χ1v) is 5.82. The highest BCUT2D eigenvalue weighted by Crippen LogP contribution is 2.17. The SMILES string of the molecule is CC1CCCN(N(N)C(=O)OC(C)(C)C)C1. The predicted molar refractivity (Wildman–Crippen MR) is 62.2 cm³/mol. The van der Waals surface area contributed by atoms with Crippen molar-refractivity contribution in [2.45, 2.75) is 46.1 Å². The number of carbonyl (C=O) groups is 1. The molecule has 0 radical (unpaired) electrons. The quantitative estimate of drug-likeness (QED) is 0.423. The first-order valence-electron chi connectivity index (χ1n) is 5.82. The molecule has 0 bridgehead atoms. The Morgan fingerprint density at radius 3 is 2.62 bits per heavy atom. The molecule has 2 N–H and O–H groups in total. The Hall–Kier alpha value is -0.810. The minimum absolute atomic E-state index is 0.485. The number of ether oxygens (including phenoxy) is 1. The zero-order valence-corrected chi connectivity index (χ0v) is 10.7. The van der Waals surface area contributed by atoms with Gasteiger partial charge in [0.2, 0.25) is 0 Å². The van der Waals surface area contributed by atoms with Crippen molar-refractivity contribution in [3.05, 3.63) is 0 Å². The maximum absolute atomic E-state index is 11.7. The van der Waals surface area contributed by atoms with E-state index in [1.807, 2.05) is 25.8 Å². The van der Waals surface area contributed by atoms with Gasteiger partial charge >= 0.3 is 6.09 Å². The molecular formula is C11H23N3O2. The molecule has 0 aromatic carbocycles. The van der Waals surface area contributed by atoms with Crippen LogP contribution in [0.2, 0.25) is 0 Å². The number of hydrogen-bond acceptors (Lipinski definition) is 4. The largest absolute Gasteiger partial charge is 0.442 e. The number of rotatable bonds is 1. The lowest BCUT2D eigenvalue weighted by Gasteiger charge is -2.36. The molecule has 1 rings (SSSR count). The molecule has 0 spiro atoms. The van der Waals surface area contributed by atoms with Crippen LogP contribution in [0.15, 0.2) is 0 Å². The van der Waals surface area contributed by atoms with Gasteiger partial charge < -0.3 is 4.74 Å². The summed E-state index contributed by atoms with van der Waals surface area (Å²) in [5.74, 6) is 6.32. The van der Waals surface area contributed by atoms with Gasteiger partial charge in [-0.2, -0.15) is 5.12 Å². The van der Waals surface area contributed by atoms with Crippen LogP contribution in [-0.2, 0) is 4.74 Å². The van der Waals surface area contributed by atoms with Crippen LogP contribution in [0.4, 0.5) is 4.79 Å². The van der Waals surface area contributed by atoms with Gasteiger partial charge in [-0.1, -0.05) is 6.92 Å². The molecule has 0 aromatic rings. The zero-order valence-electron chi connectivity index (χ0n) is 10.7. The summed E-state index contributed by atoms with van der Waals surface area (Å²) >= 11 is 0. The monoisotopic (exact) mass is 229 g/mol. The number of nitrogens with two attached hydrogens (primary N) is 1. The molecule has 1 unspecified atom stereocenters. The highest BCUT2D eigenvalue weighted by atomic mass is 16.6. The third kappa shape index (κ3) is 3.98. The number of hydrazine groups is 2. The van der Waals surface area contributed by atoms with Crippen LogP contribution >= 0.6 is 0 Å². The molecule has 1 amide bonds. The summed E-state index contributed by atoms with van der Waals surface area (Å²) in [6, 6.07) is 0. The van der Waals surface area contributed by atoms with Crippen molar-refractivity contribution in [1.29, 1.82) is 0 Å². The number of amides is 1. The number of carbonyl (C=O) groups excluding carboxylic acids is 1. The lowest BCUT2D eigenvalue weighted by atomic mass is 10.0. The van der Waals surface area contributed by atoms with Crippen LogP contribution in [0.1, 0.15) is 40.5 Å². The molecule has 0 aliphatic carbocycles. The zero-order chi connectivity index (χ0) is 12.3. The summed E-state index contributed by atoms with van der Waals surface area (Å²) in [5.41, 5.74) is -0.504. The van der Waals surface area contributed by atoms with Gasteiger partial charge in [-0.15, -0.1) is 0 Å². The summed E-state index contributed by atoms with van der Waals surface area (Å²) in [6.07, 6.45) is 1.78. The maximum Gasteiger partial charge on any atom is 0.439 e. The van der Waals surface area contributed by atoms with Crippen LogP contribution in [0.5, 0.6) is 0 Å². The van der Waals surface area contributed by atoms with E-state index in [1.54, 1.807) is 0 Å². The molecule has 1 aliphatic rings. The average Bonchev–Trinajstić information content (AvgIpc) is 2.14. The molecular weight excluding hydrogens is 206 g/mol. The van der Waals surface area contributed by atoms with Crippen LogP contribution in [-0.4, -0.2) is 34.9 Å². The second kappa shape index (κ2) is 5.01. The molecule has 16 heavy (non-hydrogen) atoms. The minimum Gasteiger partial charge on any atom is -0.442 e. The van der Waals surface area contributed by atoms with E-state index in [0.717, 1.165) is 24.6 Å². The summed E-state index contributed by atoms with van der Waals surface area (Å²) < 4.78 is 5.21. The first-order chi connectivity index (χ1) is 7.29. The van der Waals surface area contributed by atoms with Gasteiger partial charge in [0.25, 0.3) is 0 Å². The van der Waals surface area contributed by atoms with Gasteiger partial charge in [0, 0.05) is 13.1 Å². The molecule has 94 valence electrons. The number of hydrogen-bond donors (Lipinski definition) is 1. The van der Waals surface area contributed by atoms with E-state index in [2.05, 4.69) is 6.92 Å². The first kappa shape index (κ1) is 13.3. The van der Waals surface area contributed by atoms with Crippen LogP contribution in [0.25, 0.3) is 0 Å². The Morgan fingerprint density at radius 1 is 1.50 bits per heavy atom. The average molecular weight is 229 g/mol. The lowest BCUT2D eigenvalue weighted by molar-refractivity contribution is -0.0679. The van der Waals surface area contributed by atoms with E-state index in [9.17, 15) is 4.79 Å². The van der Waals surface area contributed by atoms with E-state index >= 15 is 0 Å². The second-order valence-electron chi connectivity index (χ2n) is 5.48. The highest BCUT2D eigenvalue weighted by Gasteiger charge is 2.27. The van der Waals surface area contributed by atoms with Gasteiger partial charge in [0.1, 0.15) is 5.60 Å². The summed E-state index contributed by atoms with van der Waals surface area (Å²) in [4.78, 5) is 11.7. The van der Waals surface area contributed by atoms with Crippen LogP contribution in [0.3, 0.4) is 0 Å². The van der Waals surface area contributed by atoms with Crippen LogP contribution < -0.4 is 5.84 Å². The fraction of sp³-hybridized carbons (Fsp3) is 0.909. The van der Waals surface area contributed by atoms with Gasteiger partial charge in [-0.25, -0.2) is 15.6 Å². The van der Waals surface area contributed by atoms with Crippen molar-refractivity contribution >= 4 is 6.09 Å². The summed E-state index contributed by atoms with van der Waals surface area (Å²) in [7, 11) is 0. The molecule has 1 aliphatic heterocycles. The second-order valence-corrected chi connectivity index (χ2v) is 5.48. The van der Waals surface area contributed by atoms with Gasteiger partial charge in [0.15, 0.2) is 0 Å². The van der Waals surface area contributed by atoms with Crippen molar-refractivity contribution in [1.82, 2.24) is 10.1 Å². The number of nitrogens with zero attached hydrogens (tertiary/aromatic N) is 2. The predicted octanol–water partition coefficient (Wildman–Crippen LogP) is 1.74. The summed E-state index contributed by atoms with van der Waals surface area (Å²) in [6.45, 7) is 9.29. The Kier molecular flexibility index (Phi) is 4.15. The smallest absolute Gasteiger partial charge is 0.439 e. The summed E-state index contributed by atoms with van der Waals surface area (Å²) in [5, 5.41) is 2.96. The topological polar surface area (TPSA) is 58.8 Å².